The van der Waals surface area contributed by atoms with Crippen molar-refractivity contribution in [2.75, 3.05) is 0 Å². The van der Waals surface area contributed by atoms with Crippen LogP contribution in [0.4, 0.5) is 4.39 Å². The van der Waals surface area contributed by atoms with Gasteiger partial charge in [-0.15, -0.1) is 0 Å². The van der Waals surface area contributed by atoms with Gasteiger partial charge in [0.15, 0.2) is 0 Å². The number of hydrogen-bond acceptors (Lipinski definition) is 2. The molecule has 0 aliphatic carbocycles. The standard InChI is InChI=1S/C17H11FO2/c18-14-8-6-12(7-9-14)10-15-11-16(17(19)20-15)13-4-2-1-3-5-13/h1-11H/b15-10-. The van der Waals surface area contributed by atoms with Crippen molar-refractivity contribution in [2.24, 2.45) is 0 Å². The van der Waals surface area contributed by atoms with Crippen molar-refractivity contribution in [1.29, 1.82) is 0 Å². The lowest BCUT2D eigenvalue weighted by Gasteiger charge is -1.98. The van der Waals surface area contributed by atoms with Crippen molar-refractivity contribution in [3.8, 4) is 0 Å². The SMILES string of the molecule is O=C1O/C(=C\c2ccc(F)cc2)C=C1c1ccccc1. The maximum absolute atomic E-state index is 12.8. The third-order valence-electron chi connectivity index (χ3n) is 2.98. The topological polar surface area (TPSA) is 26.3 Å². The van der Waals surface area contributed by atoms with Crippen molar-refractivity contribution in [2.45, 2.75) is 0 Å². The smallest absolute Gasteiger partial charge is 0.344 e. The van der Waals surface area contributed by atoms with E-state index in [4.69, 9.17) is 4.74 Å². The molecule has 0 spiro atoms. The zero-order chi connectivity index (χ0) is 13.9. The molecule has 1 heterocycles. The van der Waals surface area contributed by atoms with Crippen molar-refractivity contribution in [3.05, 3.63) is 83.4 Å². The van der Waals surface area contributed by atoms with Crippen LogP contribution < -0.4 is 0 Å². The van der Waals surface area contributed by atoms with E-state index < -0.39 is 0 Å². The van der Waals surface area contributed by atoms with Gasteiger partial charge in [0.1, 0.15) is 11.6 Å². The third kappa shape index (κ3) is 2.52. The molecule has 0 bridgehead atoms. The van der Waals surface area contributed by atoms with Gasteiger partial charge in [-0.1, -0.05) is 42.5 Å². The molecule has 0 fully saturated rings. The Bertz CT molecular complexity index is 698. The molecule has 0 saturated heterocycles. The van der Waals surface area contributed by atoms with Crippen molar-refractivity contribution in [1.82, 2.24) is 0 Å². The molecule has 0 atom stereocenters. The fourth-order valence-corrected chi connectivity index (χ4v) is 2.01. The Labute approximate surface area is 115 Å². The Balaban J connectivity index is 1.92. The van der Waals surface area contributed by atoms with Crippen LogP contribution in [0, 0.1) is 5.82 Å². The normalized spacial score (nSPS) is 16.1. The van der Waals surface area contributed by atoms with E-state index in [0.717, 1.165) is 11.1 Å². The molecule has 3 rings (SSSR count). The monoisotopic (exact) mass is 266 g/mol. The van der Waals surface area contributed by atoms with E-state index >= 15 is 0 Å². The van der Waals surface area contributed by atoms with E-state index in [1.54, 1.807) is 24.3 Å². The van der Waals surface area contributed by atoms with E-state index in [1.807, 2.05) is 30.3 Å². The van der Waals surface area contributed by atoms with E-state index in [9.17, 15) is 9.18 Å². The molecular formula is C17H11FO2. The summed E-state index contributed by atoms with van der Waals surface area (Å²) in [6, 6.07) is 15.3. The molecule has 0 saturated carbocycles. The fourth-order valence-electron chi connectivity index (χ4n) is 2.01. The Morgan fingerprint density at radius 3 is 2.35 bits per heavy atom. The fraction of sp³-hybridized carbons (Fsp3) is 0. The van der Waals surface area contributed by atoms with Crippen LogP contribution in [0.15, 0.2) is 66.4 Å². The summed E-state index contributed by atoms with van der Waals surface area (Å²) in [5.74, 6) is -0.207. The van der Waals surface area contributed by atoms with Crippen LogP contribution >= 0.6 is 0 Å². The highest BCUT2D eigenvalue weighted by Crippen LogP contribution is 2.27. The minimum Gasteiger partial charge on any atom is -0.423 e. The van der Waals surface area contributed by atoms with Crippen LogP contribution in [-0.2, 0) is 9.53 Å². The molecule has 98 valence electrons. The second-order valence-corrected chi connectivity index (χ2v) is 4.41. The lowest BCUT2D eigenvalue weighted by atomic mass is 10.1. The van der Waals surface area contributed by atoms with E-state index in [1.165, 1.54) is 12.1 Å². The highest BCUT2D eigenvalue weighted by molar-refractivity contribution is 6.19. The molecular weight excluding hydrogens is 255 g/mol. The molecule has 0 unspecified atom stereocenters. The summed E-state index contributed by atoms with van der Waals surface area (Å²) < 4.78 is 18.0. The highest BCUT2D eigenvalue weighted by Gasteiger charge is 2.22. The lowest BCUT2D eigenvalue weighted by molar-refractivity contribution is -0.131. The molecule has 0 aromatic heterocycles. The van der Waals surface area contributed by atoms with Crippen LogP contribution in [0.25, 0.3) is 11.6 Å². The minimum atomic E-state index is -0.371. The largest absolute Gasteiger partial charge is 0.423 e. The average Bonchev–Trinajstić information content (AvgIpc) is 2.83. The molecule has 1 aliphatic rings. The zero-order valence-electron chi connectivity index (χ0n) is 10.5. The molecule has 0 N–H and O–H groups in total. The number of esters is 1. The van der Waals surface area contributed by atoms with Crippen LogP contribution in [0.2, 0.25) is 0 Å². The van der Waals surface area contributed by atoms with Gasteiger partial charge in [-0.2, -0.15) is 0 Å². The number of benzene rings is 2. The number of hydrogen-bond donors (Lipinski definition) is 0. The Morgan fingerprint density at radius 2 is 1.65 bits per heavy atom. The van der Waals surface area contributed by atoms with Crippen LogP contribution in [0.5, 0.6) is 0 Å². The summed E-state index contributed by atoms with van der Waals surface area (Å²) in [4.78, 5) is 11.8. The number of halogens is 1. The first-order chi connectivity index (χ1) is 9.72. The van der Waals surface area contributed by atoms with Gasteiger partial charge in [0.05, 0.1) is 5.57 Å². The quantitative estimate of drug-likeness (QED) is 0.773. The van der Waals surface area contributed by atoms with Crippen molar-refractivity contribution < 1.29 is 13.9 Å². The number of rotatable bonds is 2. The van der Waals surface area contributed by atoms with Crippen molar-refractivity contribution in [3.63, 3.8) is 0 Å². The zero-order valence-corrected chi connectivity index (χ0v) is 10.5. The second kappa shape index (κ2) is 5.13. The van der Waals surface area contributed by atoms with Crippen LogP contribution in [0.1, 0.15) is 11.1 Å². The van der Waals surface area contributed by atoms with Gasteiger partial charge >= 0.3 is 5.97 Å². The predicted molar refractivity (Wildman–Crippen MR) is 74.9 cm³/mol. The van der Waals surface area contributed by atoms with Crippen LogP contribution in [0.3, 0.4) is 0 Å². The Morgan fingerprint density at radius 1 is 0.950 bits per heavy atom. The first-order valence-corrected chi connectivity index (χ1v) is 6.19. The van der Waals surface area contributed by atoms with E-state index in [2.05, 4.69) is 0 Å². The molecule has 2 aromatic carbocycles. The molecule has 0 amide bonds. The van der Waals surface area contributed by atoms with Gasteiger partial charge in [-0.3, -0.25) is 0 Å². The first kappa shape index (κ1) is 12.4. The Hall–Kier alpha value is -2.68. The molecule has 2 nitrogen and oxygen atoms in total. The molecule has 3 heteroatoms. The highest BCUT2D eigenvalue weighted by atomic mass is 19.1. The van der Waals surface area contributed by atoms with Gasteiger partial charge in [-0.05, 0) is 35.4 Å². The predicted octanol–water partition coefficient (Wildman–Crippen LogP) is 3.81. The van der Waals surface area contributed by atoms with Gasteiger partial charge in [0.25, 0.3) is 0 Å². The van der Waals surface area contributed by atoms with Gasteiger partial charge in [0, 0.05) is 0 Å². The van der Waals surface area contributed by atoms with Gasteiger partial charge in [-0.25, -0.2) is 9.18 Å². The number of cyclic esters (lactones) is 1. The molecule has 2 aromatic rings. The molecule has 1 aliphatic heterocycles. The number of carbonyl (C=O) groups excluding carboxylic acids is 1. The molecule has 0 radical (unpaired) electrons. The summed E-state index contributed by atoms with van der Waals surface area (Å²) in [7, 11) is 0. The second-order valence-electron chi connectivity index (χ2n) is 4.41. The van der Waals surface area contributed by atoms with Crippen LogP contribution in [-0.4, -0.2) is 5.97 Å². The summed E-state index contributed by atoms with van der Waals surface area (Å²) in [5, 5.41) is 0. The Kier molecular flexibility index (Phi) is 3.17. The average molecular weight is 266 g/mol. The minimum absolute atomic E-state index is 0.295. The first-order valence-electron chi connectivity index (χ1n) is 6.19. The summed E-state index contributed by atoms with van der Waals surface area (Å²) >= 11 is 0. The maximum Gasteiger partial charge on any atom is 0.344 e. The number of carbonyl (C=O) groups is 1. The van der Waals surface area contributed by atoms with E-state index in [-0.39, 0.29) is 11.8 Å². The maximum atomic E-state index is 12.8. The lowest BCUT2D eigenvalue weighted by Crippen LogP contribution is -1.97. The van der Waals surface area contributed by atoms with E-state index in [0.29, 0.717) is 11.3 Å². The van der Waals surface area contributed by atoms with Gasteiger partial charge < -0.3 is 4.74 Å². The summed E-state index contributed by atoms with van der Waals surface area (Å²) in [6.45, 7) is 0. The summed E-state index contributed by atoms with van der Waals surface area (Å²) in [5.41, 5.74) is 2.12. The van der Waals surface area contributed by atoms with Crippen molar-refractivity contribution >= 4 is 17.6 Å². The third-order valence-corrected chi connectivity index (χ3v) is 2.98. The number of allylic oxidation sites excluding steroid dienone is 1. The summed E-state index contributed by atoms with van der Waals surface area (Å²) in [6.07, 6.45) is 3.40. The number of ether oxygens (including phenoxy) is 1. The molecule has 20 heavy (non-hydrogen) atoms. The van der Waals surface area contributed by atoms with Gasteiger partial charge in [0.2, 0.25) is 0 Å².